The first-order chi connectivity index (χ1) is 5.74. The molecule has 2 N–H and O–H groups in total. The molecule has 0 fully saturated rings. The van der Waals surface area contributed by atoms with Crippen molar-refractivity contribution in [3.8, 4) is 0 Å². The third-order valence-electron chi connectivity index (χ3n) is 1.42. The van der Waals surface area contributed by atoms with Gasteiger partial charge in [-0.05, 0) is 23.0 Å². The summed E-state index contributed by atoms with van der Waals surface area (Å²) in [5.41, 5.74) is -0.129. The second-order valence-electron chi connectivity index (χ2n) is 2.36. The van der Waals surface area contributed by atoms with Gasteiger partial charge in [0, 0.05) is 19.2 Å². The summed E-state index contributed by atoms with van der Waals surface area (Å²) in [7, 11) is 1.86. The van der Waals surface area contributed by atoms with Gasteiger partial charge in [-0.2, -0.15) is 0 Å². The number of nitrogens with one attached hydrogen (secondary N) is 2. The first kappa shape index (κ1) is 9.41. The van der Waals surface area contributed by atoms with Crippen LogP contribution in [-0.4, -0.2) is 23.6 Å². The van der Waals surface area contributed by atoms with E-state index in [9.17, 15) is 4.79 Å². The molecular formula is C7H10BrN3O. The number of hydrogen-bond acceptors (Lipinski definition) is 3. The minimum atomic E-state index is -0.129. The average molecular weight is 232 g/mol. The predicted octanol–water partition coefficient (Wildman–Crippen LogP) is 0.294. The maximum absolute atomic E-state index is 11.0. The molecule has 0 bridgehead atoms. The molecule has 0 aliphatic carbocycles. The molecule has 0 atom stereocenters. The molecule has 0 amide bonds. The minimum Gasteiger partial charge on any atom is -0.319 e. The molecule has 5 heteroatoms. The van der Waals surface area contributed by atoms with E-state index in [-0.39, 0.29) is 5.56 Å². The van der Waals surface area contributed by atoms with Crippen LogP contribution in [0.4, 0.5) is 0 Å². The summed E-state index contributed by atoms with van der Waals surface area (Å²) in [6.07, 6.45) is 2.25. The molecule has 1 heterocycles. The van der Waals surface area contributed by atoms with E-state index < -0.39 is 0 Å². The molecule has 12 heavy (non-hydrogen) atoms. The van der Waals surface area contributed by atoms with Crippen molar-refractivity contribution in [2.75, 3.05) is 13.6 Å². The SMILES string of the molecule is CNCCc1ncc(Br)c(=O)[nH]1. The first-order valence-electron chi connectivity index (χ1n) is 3.62. The van der Waals surface area contributed by atoms with Gasteiger partial charge in [-0.1, -0.05) is 0 Å². The van der Waals surface area contributed by atoms with Gasteiger partial charge >= 0.3 is 0 Å². The van der Waals surface area contributed by atoms with E-state index in [0.29, 0.717) is 10.3 Å². The van der Waals surface area contributed by atoms with Crippen molar-refractivity contribution < 1.29 is 0 Å². The Kier molecular flexibility index (Phi) is 3.43. The lowest BCUT2D eigenvalue weighted by atomic mass is 10.4. The summed E-state index contributed by atoms with van der Waals surface area (Å²) < 4.78 is 0.468. The van der Waals surface area contributed by atoms with Crippen molar-refractivity contribution in [1.82, 2.24) is 15.3 Å². The Hall–Kier alpha value is -0.680. The van der Waals surface area contributed by atoms with Gasteiger partial charge in [0.05, 0.1) is 0 Å². The highest BCUT2D eigenvalue weighted by atomic mass is 79.9. The molecule has 0 aliphatic heterocycles. The van der Waals surface area contributed by atoms with E-state index in [0.717, 1.165) is 13.0 Å². The number of likely N-dealkylation sites (N-methyl/N-ethyl adjacent to an activating group) is 1. The van der Waals surface area contributed by atoms with Crippen molar-refractivity contribution in [2.45, 2.75) is 6.42 Å². The van der Waals surface area contributed by atoms with E-state index in [1.165, 1.54) is 6.20 Å². The molecule has 1 aromatic rings. The normalized spacial score (nSPS) is 10.2. The number of nitrogens with zero attached hydrogens (tertiary/aromatic N) is 1. The lowest BCUT2D eigenvalue weighted by Gasteiger charge is -1.98. The number of H-pyrrole nitrogens is 1. The summed E-state index contributed by atoms with van der Waals surface area (Å²) in [6.45, 7) is 0.810. The first-order valence-corrected chi connectivity index (χ1v) is 4.41. The molecule has 66 valence electrons. The van der Waals surface area contributed by atoms with E-state index >= 15 is 0 Å². The van der Waals surface area contributed by atoms with Crippen LogP contribution >= 0.6 is 15.9 Å². The van der Waals surface area contributed by atoms with E-state index in [1.807, 2.05) is 7.05 Å². The zero-order valence-corrected chi connectivity index (χ0v) is 8.31. The zero-order chi connectivity index (χ0) is 8.97. The van der Waals surface area contributed by atoms with Gasteiger partial charge in [0.25, 0.3) is 5.56 Å². The van der Waals surface area contributed by atoms with Gasteiger partial charge < -0.3 is 10.3 Å². The molecule has 0 spiro atoms. The standard InChI is InChI=1S/C7H10BrN3O/c1-9-3-2-6-10-4-5(8)7(12)11-6/h4,9H,2-3H2,1H3,(H,10,11,12). The van der Waals surface area contributed by atoms with Gasteiger partial charge in [0.15, 0.2) is 0 Å². The number of aromatic amines is 1. The molecule has 0 radical (unpaired) electrons. The number of rotatable bonds is 3. The fourth-order valence-electron chi connectivity index (χ4n) is 0.787. The molecule has 0 aromatic carbocycles. The van der Waals surface area contributed by atoms with E-state index in [2.05, 4.69) is 31.2 Å². The number of aromatic nitrogens is 2. The monoisotopic (exact) mass is 231 g/mol. The van der Waals surface area contributed by atoms with Crippen LogP contribution in [0.25, 0.3) is 0 Å². The fourth-order valence-corrected chi connectivity index (χ4v) is 0.988. The molecule has 1 aromatic heterocycles. The minimum absolute atomic E-state index is 0.129. The van der Waals surface area contributed by atoms with Crippen LogP contribution in [0.2, 0.25) is 0 Å². The third kappa shape index (κ3) is 2.42. The van der Waals surface area contributed by atoms with E-state index in [4.69, 9.17) is 0 Å². The molecule has 0 saturated carbocycles. The van der Waals surface area contributed by atoms with Crippen molar-refractivity contribution in [2.24, 2.45) is 0 Å². The van der Waals surface area contributed by atoms with Gasteiger partial charge in [-0.25, -0.2) is 4.98 Å². The second-order valence-corrected chi connectivity index (χ2v) is 3.21. The van der Waals surface area contributed by atoms with Crippen LogP contribution in [0, 0.1) is 0 Å². The largest absolute Gasteiger partial charge is 0.319 e. The van der Waals surface area contributed by atoms with Crippen LogP contribution in [-0.2, 0) is 6.42 Å². The summed E-state index contributed by atoms with van der Waals surface area (Å²) in [4.78, 5) is 17.7. The highest BCUT2D eigenvalue weighted by Crippen LogP contribution is 1.98. The Balaban J connectivity index is 2.76. The summed E-state index contributed by atoms with van der Waals surface area (Å²) in [6, 6.07) is 0. The predicted molar refractivity (Wildman–Crippen MR) is 50.2 cm³/mol. The Bertz CT molecular complexity index is 310. The average Bonchev–Trinajstić information content (AvgIpc) is 2.07. The number of hydrogen-bond donors (Lipinski definition) is 2. The second kappa shape index (κ2) is 4.37. The fraction of sp³-hybridized carbons (Fsp3) is 0.429. The smallest absolute Gasteiger partial charge is 0.265 e. The van der Waals surface area contributed by atoms with Crippen LogP contribution in [0.3, 0.4) is 0 Å². The Morgan fingerprint density at radius 1 is 1.75 bits per heavy atom. The maximum atomic E-state index is 11.0. The molecule has 1 rings (SSSR count). The lowest BCUT2D eigenvalue weighted by Crippen LogP contribution is -2.16. The van der Waals surface area contributed by atoms with Gasteiger partial charge in [-0.15, -0.1) is 0 Å². The number of halogens is 1. The molecule has 0 saturated heterocycles. The zero-order valence-electron chi connectivity index (χ0n) is 6.72. The molecular weight excluding hydrogens is 222 g/mol. The third-order valence-corrected chi connectivity index (χ3v) is 1.99. The Labute approximate surface area is 78.5 Å². The van der Waals surface area contributed by atoms with Gasteiger partial charge in [0.1, 0.15) is 10.3 Å². The van der Waals surface area contributed by atoms with E-state index in [1.54, 1.807) is 0 Å². The molecule has 0 aliphatic rings. The van der Waals surface area contributed by atoms with Crippen molar-refractivity contribution in [3.05, 3.63) is 26.8 Å². The van der Waals surface area contributed by atoms with Crippen LogP contribution < -0.4 is 10.9 Å². The Morgan fingerprint density at radius 2 is 2.50 bits per heavy atom. The van der Waals surface area contributed by atoms with Crippen LogP contribution in [0.5, 0.6) is 0 Å². The summed E-state index contributed by atoms with van der Waals surface area (Å²) in [5.74, 6) is 0.706. The highest BCUT2D eigenvalue weighted by Gasteiger charge is 1.97. The summed E-state index contributed by atoms with van der Waals surface area (Å²) in [5, 5.41) is 2.98. The Morgan fingerprint density at radius 3 is 3.08 bits per heavy atom. The van der Waals surface area contributed by atoms with Crippen LogP contribution in [0.15, 0.2) is 15.5 Å². The maximum Gasteiger partial charge on any atom is 0.265 e. The topological polar surface area (TPSA) is 57.8 Å². The van der Waals surface area contributed by atoms with Crippen LogP contribution in [0.1, 0.15) is 5.82 Å². The summed E-state index contributed by atoms with van der Waals surface area (Å²) >= 11 is 3.08. The molecule has 0 unspecified atom stereocenters. The molecule has 4 nitrogen and oxygen atoms in total. The van der Waals surface area contributed by atoms with Gasteiger partial charge in [-0.3, -0.25) is 4.79 Å². The van der Waals surface area contributed by atoms with Gasteiger partial charge in [0.2, 0.25) is 0 Å². The lowest BCUT2D eigenvalue weighted by molar-refractivity contribution is 0.750. The van der Waals surface area contributed by atoms with Crippen molar-refractivity contribution in [3.63, 3.8) is 0 Å². The quantitative estimate of drug-likeness (QED) is 0.787. The highest BCUT2D eigenvalue weighted by molar-refractivity contribution is 9.10. The van der Waals surface area contributed by atoms with Crippen molar-refractivity contribution in [1.29, 1.82) is 0 Å². The van der Waals surface area contributed by atoms with Crippen molar-refractivity contribution >= 4 is 15.9 Å².